The molecule has 1 aromatic heterocycles. The molecule has 3 aliphatic rings. The van der Waals surface area contributed by atoms with Gasteiger partial charge in [-0.25, -0.2) is 0 Å². The fraction of sp³-hybridized carbons (Fsp3) is 0.571. The molecule has 1 aromatic carbocycles. The van der Waals surface area contributed by atoms with Crippen molar-refractivity contribution in [1.82, 2.24) is 9.88 Å². The van der Waals surface area contributed by atoms with E-state index in [4.69, 9.17) is 4.74 Å². The van der Waals surface area contributed by atoms with Crippen LogP contribution in [0.15, 0.2) is 30.5 Å². The molecule has 0 unspecified atom stereocenters. The summed E-state index contributed by atoms with van der Waals surface area (Å²) in [6.07, 6.45) is 7.38. The average molecular weight is 353 g/mol. The van der Waals surface area contributed by atoms with E-state index < -0.39 is 0 Å². The molecule has 0 radical (unpaired) electrons. The van der Waals surface area contributed by atoms with Crippen LogP contribution in [0.4, 0.5) is 5.69 Å². The monoisotopic (exact) mass is 353 g/mol. The number of aromatic amines is 1. The van der Waals surface area contributed by atoms with Crippen molar-refractivity contribution in [3.8, 4) is 0 Å². The molecule has 1 atom stereocenters. The van der Waals surface area contributed by atoms with Crippen LogP contribution in [0.1, 0.15) is 32.1 Å². The van der Waals surface area contributed by atoms with E-state index in [-0.39, 0.29) is 17.5 Å². The highest BCUT2D eigenvalue weighted by Gasteiger charge is 2.52. The lowest BCUT2D eigenvalue weighted by Gasteiger charge is -2.36. The third-order valence-corrected chi connectivity index (χ3v) is 6.68. The second-order valence-corrected chi connectivity index (χ2v) is 8.23. The summed E-state index contributed by atoms with van der Waals surface area (Å²) in [5.74, 6) is 0.0821. The number of fused-ring (bicyclic) bond motifs is 1. The second-order valence-electron chi connectivity index (χ2n) is 8.23. The van der Waals surface area contributed by atoms with Gasteiger partial charge in [0.05, 0.1) is 5.41 Å². The van der Waals surface area contributed by atoms with Gasteiger partial charge in [-0.05, 0) is 43.5 Å². The molecule has 5 nitrogen and oxygen atoms in total. The Hall–Kier alpha value is -2.01. The van der Waals surface area contributed by atoms with Crippen LogP contribution in [-0.4, -0.2) is 54.7 Å². The predicted octanol–water partition coefficient (Wildman–Crippen LogP) is 3.17. The Bertz CT molecular complexity index is 802. The van der Waals surface area contributed by atoms with Gasteiger partial charge in [0.2, 0.25) is 0 Å². The summed E-state index contributed by atoms with van der Waals surface area (Å²) >= 11 is 0. The number of piperazine rings is 1. The normalized spacial score (nSPS) is 25.6. The third-order valence-electron chi connectivity index (χ3n) is 6.68. The number of esters is 1. The molecule has 1 spiro atoms. The van der Waals surface area contributed by atoms with Crippen LogP contribution < -0.4 is 4.90 Å². The van der Waals surface area contributed by atoms with Crippen LogP contribution in [-0.2, 0) is 9.53 Å². The minimum Gasteiger partial charge on any atom is -0.462 e. The highest BCUT2D eigenvalue weighted by Crippen LogP contribution is 2.50. The zero-order valence-corrected chi connectivity index (χ0v) is 15.2. The number of H-pyrrole nitrogens is 1. The van der Waals surface area contributed by atoms with Crippen molar-refractivity contribution in [3.05, 3.63) is 30.5 Å². The summed E-state index contributed by atoms with van der Waals surface area (Å²) in [5, 5.41) is 1.28. The summed E-state index contributed by atoms with van der Waals surface area (Å²) in [6.45, 7) is 5.32. The molecular weight excluding hydrogens is 326 g/mol. The smallest absolute Gasteiger partial charge is 0.312 e. The van der Waals surface area contributed by atoms with Crippen LogP contribution in [0.3, 0.4) is 0 Å². The SMILES string of the molecule is O=C1O[C@H](CCN2CCN(c3ccc4[nH]ccc4c3)CC2)CC12CCC2. The lowest BCUT2D eigenvalue weighted by molar-refractivity contribution is -0.152. The molecule has 1 saturated carbocycles. The van der Waals surface area contributed by atoms with Crippen molar-refractivity contribution in [3.63, 3.8) is 0 Å². The zero-order valence-electron chi connectivity index (χ0n) is 15.2. The topological polar surface area (TPSA) is 48.6 Å². The molecule has 0 amide bonds. The average Bonchev–Trinajstić information content (AvgIpc) is 3.23. The summed E-state index contributed by atoms with van der Waals surface area (Å²) in [4.78, 5) is 20.3. The van der Waals surface area contributed by atoms with Gasteiger partial charge in [0.25, 0.3) is 0 Å². The molecular formula is C21H27N3O2. The highest BCUT2D eigenvalue weighted by molar-refractivity contribution is 5.83. The minimum absolute atomic E-state index is 0.0821. The van der Waals surface area contributed by atoms with E-state index in [1.165, 1.54) is 23.0 Å². The van der Waals surface area contributed by atoms with Crippen LogP contribution in [0, 0.1) is 5.41 Å². The molecule has 5 rings (SSSR count). The lowest BCUT2D eigenvalue weighted by Crippen LogP contribution is -2.47. The van der Waals surface area contributed by atoms with Crippen LogP contribution >= 0.6 is 0 Å². The van der Waals surface area contributed by atoms with Gasteiger partial charge >= 0.3 is 5.97 Å². The number of carbonyl (C=O) groups excluding carboxylic acids is 1. The van der Waals surface area contributed by atoms with Crippen molar-refractivity contribution in [2.45, 2.75) is 38.2 Å². The van der Waals surface area contributed by atoms with Crippen molar-refractivity contribution in [1.29, 1.82) is 0 Å². The summed E-state index contributed by atoms with van der Waals surface area (Å²) in [6, 6.07) is 8.79. The quantitative estimate of drug-likeness (QED) is 0.858. The lowest BCUT2D eigenvalue weighted by atomic mass is 9.67. The molecule has 2 aromatic rings. The van der Waals surface area contributed by atoms with E-state index in [0.717, 1.165) is 58.4 Å². The molecule has 5 heteroatoms. The molecule has 2 saturated heterocycles. The van der Waals surface area contributed by atoms with E-state index in [9.17, 15) is 4.79 Å². The highest BCUT2D eigenvalue weighted by atomic mass is 16.6. The maximum atomic E-state index is 12.1. The van der Waals surface area contributed by atoms with Gasteiger partial charge in [0.1, 0.15) is 6.10 Å². The van der Waals surface area contributed by atoms with E-state index in [0.29, 0.717) is 0 Å². The maximum Gasteiger partial charge on any atom is 0.312 e. The number of hydrogen-bond acceptors (Lipinski definition) is 4. The van der Waals surface area contributed by atoms with E-state index in [2.05, 4.69) is 39.0 Å². The number of cyclic esters (lactones) is 1. The first-order chi connectivity index (χ1) is 12.7. The number of aromatic nitrogens is 1. The van der Waals surface area contributed by atoms with Gasteiger partial charge < -0.3 is 14.6 Å². The fourth-order valence-electron chi connectivity index (χ4n) is 4.80. The number of nitrogens with zero attached hydrogens (tertiary/aromatic N) is 2. The van der Waals surface area contributed by atoms with Gasteiger partial charge in [-0.2, -0.15) is 0 Å². The Morgan fingerprint density at radius 1 is 1.15 bits per heavy atom. The molecule has 3 fully saturated rings. The van der Waals surface area contributed by atoms with Crippen LogP contribution in [0.25, 0.3) is 10.9 Å². The van der Waals surface area contributed by atoms with Gasteiger partial charge in [0.15, 0.2) is 0 Å². The summed E-state index contributed by atoms with van der Waals surface area (Å²) < 4.78 is 5.65. The molecule has 0 bridgehead atoms. The van der Waals surface area contributed by atoms with E-state index in [1.807, 2.05) is 6.20 Å². The van der Waals surface area contributed by atoms with Crippen molar-refractivity contribution in [2.75, 3.05) is 37.6 Å². The van der Waals surface area contributed by atoms with Gasteiger partial charge in [-0.15, -0.1) is 0 Å². The van der Waals surface area contributed by atoms with Crippen molar-refractivity contribution in [2.24, 2.45) is 5.41 Å². The first kappa shape index (κ1) is 16.2. The van der Waals surface area contributed by atoms with E-state index >= 15 is 0 Å². The largest absolute Gasteiger partial charge is 0.462 e. The van der Waals surface area contributed by atoms with Crippen molar-refractivity contribution < 1.29 is 9.53 Å². The maximum absolute atomic E-state index is 12.1. The Morgan fingerprint density at radius 3 is 2.73 bits per heavy atom. The van der Waals surface area contributed by atoms with Crippen LogP contribution in [0.2, 0.25) is 0 Å². The Kier molecular flexibility index (Phi) is 3.92. The standard InChI is InChI=1S/C21H27N3O2/c25-20-21(6-1-7-21)15-18(26-20)5-9-23-10-12-24(13-11-23)17-2-3-19-16(14-17)4-8-22-19/h2-4,8,14,18,22H,1,5-7,9-13,15H2/t18-/m1/s1. The zero-order chi connectivity index (χ0) is 17.6. The molecule has 138 valence electrons. The van der Waals surface area contributed by atoms with Crippen molar-refractivity contribution >= 4 is 22.6 Å². The number of rotatable bonds is 4. The molecule has 3 heterocycles. The summed E-state index contributed by atoms with van der Waals surface area (Å²) in [7, 11) is 0. The Morgan fingerprint density at radius 2 is 2.00 bits per heavy atom. The fourth-order valence-corrected chi connectivity index (χ4v) is 4.80. The Balaban J connectivity index is 1.12. The molecule has 1 aliphatic carbocycles. The second kappa shape index (κ2) is 6.31. The molecule has 1 N–H and O–H groups in total. The first-order valence-corrected chi connectivity index (χ1v) is 9.97. The number of hydrogen-bond donors (Lipinski definition) is 1. The third kappa shape index (κ3) is 2.78. The number of anilines is 1. The van der Waals surface area contributed by atoms with Gasteiger partial charge in [0, 0.05) is 61.9 Å². The number of carbonyl (C=O) groups is 1. The van der Waals surface area contributed by atoms with E-state index in [1.54, 1.807) is 0 Å². The predicted molar refractivity (Wildman–Crippen MR) is 102 cm³/mol. The number of ether oxygens (including phenoxy) is 1. The van der Waals surface area contributed by atoms with Gasteiger partial charge in [-0.3, -0.25) is 9.69 Å². The summed E-state index contributed by atoms with van der Waals surface area (Å²) in [5.41, 5.74) is 2.43. The number of benzene rings is 1. The molecule has 26 heavy (non-hydrogen) atoms. The number of nitrogens with one attached hydrogen (secondary N) is 1. The molecule has 2 aliphatic heterocycles. The van der Waals surface area contributed by atoms with Gasteiger partial charge in [-0.1, -0.05) is 6.42 Å². The Labute approximate surface area is 154 Å². The minimum atomic E-state index is -0.0831. The first-order valence-electron chi connectivity index (χ1n) is 9.97. The van der Waals surface area contributed by atoms with Crippen LogP contribution in [0.5, 0.6) is 0 Å².